The first-order chi connectivity index (χ1) is 13.9. The lowest BCUT2D eigenvalue weighted by molar-refractivity contribution is -0.137. The number of nitriles is 1. The van der Waals surface area contributed by atoms with Gasteiger partial charge in [-0.15, -0.1) is 0 Å². The zero-order valence-corrected chi connectivity index (χ0v) is 15.0. The Hall–Kier alpha value is -3.60. The molecule has 0 saturated heterocycles. The van der Waals surface area contributed by atoms with Crippen LogP contribution in [0.1, 0.15) is 29.7 Å². The van der Waals surface area contributed by atoms with Crippen molar-refractivity contribution in [2.24, 2.45) is 5.92 Å². The lowest BCUT2D eigenvalue weighted by Gasteiger charge is -2.19. The van der Waals surface area contributed by atoms with Gasteiger partial charge in [0.2, 0.25) is 5.88 Å². The molecule has 29 heavy (non-hydrogen) atoms. The number of pyridine rings is 1. The van der Waals surface area contributed by atoms with Crippen LogP contribution in [0.4, 0.5) is 13.2 Å². The highest BCUT2D eigenvalue weighted by molar-refractivity contribution is 5.76. The van der Waals surface area contributed by atoms with Crippen molar-refractivity contribution in [1.82, 2.24) is 4.98 Å². The van der Waals surface area contributed by atoms with Crippen molar-refractivity contribution >= 4 is 11.5 Å². The standard InChI is InChI=1S/C21H15F3N2O3/c22-16-6-12(10-25)4-5-13(16)11-29-20-3-1-2-19(26-20)15-9-17(23)14(7-18(15)24)8-21(27)28/h1-6,9,14H,7-8,11H2,(H,27,28). The molecular formula is C21H15F3N2O3. The van der Waals surface area contributed by atoms with Gasteiger partial charge in [0.25, 0.3) is 0 Å². The number of rotatable bonds is 6. The van der Waals surface area contributed by atoms with E-state index in [0.29, 0.717) is 0 Å². The second-order valence-electron chi connectivity index (χ2n) is 6.41. The summed E-state index contributed by atoms with van der Waals surface area (Å²) >= 11 is 0. The first-order valence-electron chi connectivity index (χ1n) is 8.63. The Morgan fingerprint density at radius 2 is 2.07 bits per heavy atom. The number of carbonyl (C=O) groups is 1. The topological polar surface area (TPSA) is 83.2 Å². The third kappa shape index (κ3) is 4.82. The highest BCUT2D eigenvalue weighted by Gasteiger charge is 2.27. The maximum absolute atomic E-state index is 14.4. The molecule has 0 bridgehead atoms. The Morgan fingerprint density at radius 3 is 2.76 bits per heavy atom. The number of hydrogen-bond acceptors (Lipinski definition) is 4. The molecule has 0 fully saturated rings. The molecule has 0 radical (unpaired) electrons. The number of allylic oxidation sites excluding steroid dienone is 4. The van der Waals surface area contributed by atoms with E-state index in [1.165, 1.54) is 30.3 Å². The minimum Gasteiger partial charge on any atom is -0.481 e. The smallest absolute Gasteiger partial charge is 0.304 e. The molecule has 1 aromatic carbocycles. The van der Waals surface area contributed by atoms with Crippen molar-refractivity contribution in [2.75, 3.05) is 0 Å². The molecule has 1 N–H and O–H groups in total. The van der Waals surface area contributed by atoms with Crippen molar-refractivity contribution in [3.05, 3.63) is 76.8 Å². The summed E-state index contributed by atoms with van der Waals surface area (Å²) < 4.78 is 48.0. The van der Waals surface area contributed by atoms with Crippen LogP contribution in [0, 0.1) is 23.1 Å². The van der Waals surface area contributed by atoms with E-state index in [9.17, 15) is 18.0 Å². The number of carboxylic acid groups (broad SMARTS) is 1. The lowest BCUT2D eigenvalue weighted by Crippen LogP contribution is -2.13. The second-order valence-corrected chi connectivity index (χ2v) is 6.41. The molecule has 2 aromatic rings. The quantitative estimate of drug-likeness (QED) is 0.760. The van der Waals surface area contributed by atoms with E-state index in [2.05, 4.69) is 4.98 Å². The van der Waals surface area contributed by atoms with Gasteiger partial charge in [0.1, 0.15) is 24.1 Å². The molecule has 1 aromatic heterocycles. The number of benzene rings is 1. The van der Waals surface area contributed by atoms with Gasteiger partial charge in [-0.1, -0.05) is 12.1 Å². The van der Waals surface area contributed by atoms with Crippen LogP contribution in [0.3, 0.4) is 0 Å². The Kier molecular flexibility index (Phi) is 5.98. The fraction of sp³-hybridized carbons (Fsp3) is 0.190. The van der Waals surface area contributed by atoms with Gasteiger partial charge in [0.05, 0.1) is 23.7 Å². The van der Waals surface area contributed by atoms with E-state index in [1.54, 1.807) is 0 Å². The number of aromatic nitrogens is 1. The Labute approximate surface area is 164 Å². The summed E-state index contributed by atoms with van der Waals surface area (Å²) in [6.45, 7) is -0.166. The monoisotopic (exact) mass is 400 g/mol. The summed E-state index contributed by atoms with van der Waals surface area (Å²) in [5, 5.41) is 17.5. The van der Waals surface area contributed by atoms with Gasteiger partial charge in [0, 0.05) is 29.5 Å². The molecule has 8 heteroatoms. The van der Waals surface area contributed by atoms with Crippen LogP contribution in [0.25, 0.3) is 5.57 Å². The number of hydrogen-bond donors (Lipinski definition) is 1. The Balaban J connectivity index is 1.76. The summed E-state index contributed by atoms with van der Waals surface area (Å²) in [6, 6.07) is 10.3. The van der Waals surface area contributed by atoms with Gasteiger partial charge in [-0.2, -0.15) is 5.26 Å². The molecule has 0 amide bonds. The molecule has 5 nitrogen and oxygen atoms in total. The van der Waals surface area contributed by atoms with Crippen LogP contribution in [0.5, 0.6) is 5.88 Å². The van der Waals surface area contributed by atoms with Crippen LogP contribution >= 0.6 is 0 Å². The average Bonchev–Trinajstić information content (AvgIpc) is 2.69. The van der Waals surface area contributed by atoms with E-state index >= 15 is 0 Å². The summed E-state index contributed by atoms with van der Waals surface area (Å²) in [5.41, 5.74) is 0.422. The van der Waals surface area contributed by atoms with Gasteiger partial charge in [-0.3, -0.25) is 4.79 Å². The van der Waals surface area contributed by atoms with E-state index in [4.69, 9.17) is 15.1 Å². The summed E-state index contributed by atoms with van der Waals surface area (Å²) in [7, 11) is 0. The third-order valence-corrected chi connectivity index (χ3v) is 4.37. The van der Waals surface area contributed by atoms with Crippen LogP contribution in [0.2, 0.25) is 0 Å². The van der Waals surface area contributed by atoms with Crippen molar-refractivity contribution < 1.29 is 27.8 Å². The van der Waals surface area contributed by atoms with Crippen LogP contribution in [-0.4, -0.2) is 16.1 Å². The lowest BCUT2D eigenvalue weighted by atomic mass is 9.90. The highest BCUT2D eigenvalue weighted by atomic mass is 19.1. The number of carboxylic acids is 1. The number of nitrogens with zero attached hydrogens (tertiary/aromatic N) is 2. The van der Waals surface area contributed by atoms with Crippen LogP contribution in [0.15, 0.2) is 54.1 Å². The zero-order chi connectivity index (χ0) is 21.0. The molecular weight excluding hydrogens is 385 g/mol. The zero-order valence-electron chi connectivity index (χ0n) is 15.0. The van der Waals surface area contributed by atoms with Crippen molar-refractivity contribution in [3.63, 3.8) is 0 Å². The number of halogens is 3. The molecule has 1 aliphatic carbocycles. The Morgan fingerprint density at radius 1 is 1.28 bits per heavy atom. The fourth-order valence-electron chi connectivity index (χ4n) is 2.88. The summed E-state index contributed by atoms with van der Waals surface area (Å²) in [6.07, 6.45) is 0.0712. The van der Waals surface area contributed by atoms with Crippen molar-refractivity contribution in [1.29, 1.82) is 5.26 Å². The minimum absolute atomic E-state index is 0.0769. The maximum atomic E-state index is 14.4. The van der Waals surface area contributed by atoms with Gasteiger partial charge in [-0.05, 0) is 24.3 Å². The molecule has 0 spiro atoms. The first kappa shape index (κ1) is 20.1. The molecule has 0 aliphatic heterocycles. The van der Waals surface area contributed by atoms with Crippen molar-refractivity contribution in [2.45, 2.75) is 19.4 Å². The van der Waals surface area contributed by atoms with Gasteiger partial charge in [-0.25, -0.2) is 18.2 Å². The van der Waals surface area contributed by atoms with Crippen molar-refractivity contribution in [3.8, 4) is 11.9 Å². The predicted octanol–water partition coefficient (Wildman–Crippen LogP) is 4.70. The van der Waals surface area contributed by atoms with Gasteiger partial charge < -0.3 is 9.84 Å². The van der Waals surface area contributed by atoms with E-state index < -0.39 is 35.8 Å². The molecule has 148 valence electrons. The SMILES string of the molecule is N#Cc1ccc(COc2cccc(C3=C(F)CC(CC(=O)O)C(F)=C3)n2)c(F)c1. The van der Waals surface area contributed by atoms with E-state index in [1.807, 2.05) is 6.07 Å². The molecule has 0 saturated carbocycles. The molecule has 1 atom stereocenters. The molecule has 1 unspecified atom stereocenters. The highest BCUT2D eigenvalue weighted by Crippen LogP contribution is 2.37. The van der Waals surface area contributed by atoms with Gasteiger partial charge in [0.15, 0.2) is 0 Å². The van der Waals surface area contributed by atoms with E-state index in [-0.39, 0.29) is 41.3 Å². The predicted molar refractivity (Wildman–Crippen MR) is 97.3 cm³/mol. The molecule has 1 aliphatic rings. The summed E-state index contributed by atoms with van der Waals surface area (Å²) in [5.74, 6) is -4.17. The fourth-order valence-corrected chi connectivity index (χ4v) is 2.88. The normalized spacial score (nSPS) is 16.2. The van der Waals surface area contributed by atoms with Gasteiger partial charge >= 0.3 is 5.97 Å². The molecule has 3 rings (SSSR count). The van der Waals surface area contributed by atoms with E-state index in [0.717, 1.165) is 12.1 Å². The first-order valence-corrected chi connectivity index (χ1v) is 8.63. The van der Waals surface area contributed by atoms with Crippen LogP contribution < -0.4 is 4.74 Å². The number of ether oxygens (including phenoxy) is 1. The molecule has 1 heterocycles. The Bertz CT molecular complexity index is 1060. The van der Waals surface area contributed by atoms with Crippen LogP contribution in [-0.2, 0) is 11.4 Å². The maximum Gasteiger partial charge on any atom is 0.304 e. The largest absolute Gasteiger partial charge is 0.481 e. The summed E-state index contributed by atoms with van der Waals surface area (Å²) in [4.78, 5) is 14.9. The average molecular weight is 400 g/mol. The second kappa shape index (κ2) is 8.61. The minimum atomic E-state index is -1.21. The number of aliphatic carboxylic acids is 1. The third-order valence-electron chi connectivity index (χ3n) is 4.37.